The SMILES string of the molecule is CCOc1ccc(NC(=O)N2CCn3cccc3[C@H]2c2ccc(OC)cc2OC)cc1. The summed E-state index contributed by atoms with van der Waals surface area (Å²) in [6.45, 7) is 3.85. The Balaban J connectivity index is 1.65. The zero-order valence-electron chi connectivity index (χ0n) is 18.0. The van der Waals surface area contributed by atoms with E-state index in [0.29, 0.717) is 24.7 Å². The van der Waals surface area contributed by atoms with Gasteiger partial charge in [0.15, 0.2) is 0 Å². The number of hydrogen-bond donors (Lipinski definition) is 1. The molecule has 0 bridgehead atoms. The predicted molar refractivity (Wildman–Crippen MR) is 119 cm³/mol. The molecule has 2 amide bonds. The second-order valence-electron chi connectivity index (χ2n) is 7.22. The maximum Gasteiger partial charge on any atom is 0.322 e. The summed E-state index contributed by atoms with van der Waals surface area (Å²) in [7, 11) is 3.25. The standard InChI is InChI=1S/C24H27N3O4/c1-4-31-18-9-7-17(8-10-18)25-24(28)27-15-14-26-13-5-6-21(26)23(27)20-12-11-19(29-2)16-22(20)30-3/h5-13,16,23H,4,14-15H2,1-3H3,(H,25,28)/t23-/m1/s1. The van der Waals surface area contributed by atoms with Crippen molar-refractivity contribution in [3.05, 3.63) is 72.1 Å². The minimum absolute atomic E-state index is 0.167. The molecule has 0 fully saturated rings. The molecule has 0 aliphatic carbocycles. The van der Waals surface area contributed by atoms with E-state index in [9.17, 15) is 4.79 Å². The van der Waals surface area contributed by atoms with Crippen molar-refractivity contribution < 1.29 is 19.0 Å². The largest absolute Gasteiger partial charge is 0.497 e. The normalized spacial score (nSPS) is 15.2. The first-order valence-corrected chi connectivity index (χ1v) is 10.3. The van der Waals surface area contributed by atoms with Crippen LogP contribution < -0.4 is 19.5 Å². The van der Waals surface area contributed by atoms with Crippen LogP contribution in [-0.4, -0.2) is 42.9 Å². The fourth-order valence-corrected chi connectivity index (χ4v) is 3.97. The van der Waals surface area contributed by atoms with Crippen molar-refractivity contribution in [1.82, 2.24) is 9.47 Å². The summed E-state index contributed by atoms with van der Waals surface area (Å²) in [5.41, 5.74) is 2.66. The molecule has 0 saturated carbocycles. The fraction of sp³-hybridized carbons (Fsp3) is 0.292. The van der Waals surface area contributed by atoms with E-state index in [2.05, 4.69) is 9.88 Å². The lowest BCUT2D eigenvalue weighted by Gasteiger charge is -2.37. The van der Waals surface area contributed by atoms with E-state index in [1.54, 1.807) is 14.2 Å². The minimum atomic E-state index is -0.285. The molecule has 0 saturated heterocycles. The summed E-state index contributed by atoms with van der Waals surface area (Å²) in [4.78, 5) is 15.2. The van der Waals surface area contributed by atoms with Crippen molar-refractivity contribution in [2.24, 2.45) is 0 Å². The monoisotopic (exact) mass is 421 g/mol. The molecular formula is C24H27N3O4. The molecule has 31 heavy (non-hydrogen) atoms. The highest BCUT2D eigenvalue weighted by Gasteiger charge is 2.34. The first kappa shape index (κ1) is 20.7. The topological polar surface area (TPSA) is 65.0 Å². The molecule has 0 unspecified atom stereocenters. The number of rotatable bonds is 6. The molecule has 3 aromatic rings. The maximum atomic E-state index is 13.3. The summed E-state index contributed by atoms with van der Waals surface area (Å²) in [5.74, 6) is 2.16. The lowest BCUT2D eigenvalue weighted by atomic mass is 9.99. The number of urea groups is 1. The molecule has 0 radical (unpaired) electrons. The van der Waals surface area contributed by atoms with Gasteiger partial charge < -0.3 is 29.0 Å². The number of ether oxygens (including phenoxy) is 3. The smallest absolute Gasteiger partial charge is 0.322 e. The molecule has 2 aromatic carbocycles. The van der Waals surface area contributed by atoms with E-state index in [1.165, 1.54) is 0 Å². The Morgan fingerprint density at radius 1 is 1.03 bits per heavy atom. The van der Waals surface area contributed by atoms with Crippen LogP contribution in [0.5, 0.6) is 17.2 Å². The van der Waals surface area contributed by atoms with Crippen LogP contribution >= 0.6 is 0 Å². The van der Waals surface area contributed by atoms with Gasteiger partial charge in [-0.25, -0.2) is 4.79 Å². The van der Waals surface area contributed by atoms with Gasteiger partial charge in [0.25, 0.3) is 0 Å². The number of hydrogen-bond acceptors (Lipinski definition) is 4. The number of benzene rings is 2. The van der Waals surface area contributed by atoms with E-state index in [-0.39, 0.29) is 12.1 Å². The van der Waals surface area contributed by atoms with Gasteiger partial charge in [-0.05, 0) is 55.5 Å². The fourth-order valence-electron chi connectivity index (χ4n) is 3.97. The molecule has 1 aromatic heterocycles. The Morgan fingerprint density at radius 3 is 2.52 bits per heavy atom. The number of anilines is 1. The van der Waals surface area contributed by atoms with E-state index in [0.717, 1.165) is 29.2 Å². The van der Waals surface area contributed by atoms with Crippen LogP contribution in [-0.2, 0) is 6.54 Å². The van der Waals surface area contributed by atoms with Crippen LogP contribution in [0.3, 0.4) is 0 Å². The molecule has 0 spiro atoms. The van der Waals surface area contributed by atoms with Gasteiger partial charge in [0.05, 0.1) is 20.8 Å². The van der Waals surface area contributed by atoms with Crippen molar-refractivity contribution in [3.63, 3.8) is 0 Å². The zero-order valence-corrected chi connectivity index (χ0v) is 18.0. The van der Waals surface area contributed by atoms with Crippen molar-refractivity contribution >= 4 is 11.7 Å². The summed E-state index contributed by atoms with van der Waals surface area (Å²) in [6, 6.07) is 16.7. The van der Waals surface area contributed by atoms with Crippen LogP contribution in [0.25, 0.3) is 0 Å². The van der Waals surface area contributed by atoms with E-state index >= 15 is 0 Å². The molecule has 162 valence electrons. The Labute approximate surface area is 182 Å². The molecular weight excluding hydrogens is 394 g/mol. The Bertz CT molecular complexity index is 1050. The molecule has 2 heterocycles. The van der Waals surface area contributed by atoms with Crippen LogP contribution in [0.15, 0.2) is 60.8 Å². The van der Waals surface area contributed by atoms with Crippen molar-refractivity contribution in [3.8, 4) is 17.2 Å². The van der Waals surface area contributed by atoms with Crippen molar-refractivity contribution in [2.75, 3.05) is 32.7 Å². The summed E-state index contributed by atoms with van der Waals surface area (Å²) >= 11 is 0. The first-order chi connectivity index (χ1) is 15.1. The zero-order chi connectivity index (χ0) is 21.8. The molecule has 4 rings (SSSR count). The van der Waals surface area contributed by atoms with Crippen LogP contribution in [0.4, 0.5) is 10.5 Å². The Morgan fingerprint density at radius 2 is 1.81 bits per heavy atom. The number of amides is 2. The second kappa shape index (κ2) is 9.04. The van der Waals surface area contributed by atoms with Crippen LogP contribution in [0, 0.1) is 0 Å². The highest BCUT2D eigenvalue weighted by atomic mass is 16.5. The number of fused-ring (bicyclic) bond motifs is 1. The highest BCUT2D eigenvalue weighted by molar-refractivity contribution is 5.90. The van der Waals surface area contributed by atoms with Crippen molar-refractivity contribution in [1.29, 1.82) is 0 Å². The Hall–Kier alpha value is -3.61. The number of methoxy groups -OCH3 is 2. The van der Waals surface area contributed by atoms with E-state index < -0.39 is 0 Å². The van der Waals surface area contributed by atoms with E-state index in [1.807, 2.05) is 72.6 Å². The average Bonchev–Trinajstić information content (AvgIpc) is 3.28. The van der Waals surface area contributed by atoms with Gasteiger partial charge in [-0.1, -0.05) is 0 Å². The van der Waals surface area contributed by atoms with E-state index in [4.69, 9.17) is 14.2 Å². The number of nitrogens with one attached hydrogen (secondary N) is 1. The lowest BCUT2D eigenvalue weighted by molar-refractivity contribution is 0.180. The molecule has 1 N–H and O–H groups in total. The number of aromatic nitrogens is 1. The minimum Gasteiger partial charge on any atom is -0.497 e. The van der Waals surface area contributed by atoms with Crippen LogP contribution in [0.2, 0.25) is 0 Å². The summed E-state index contributed by atoms with van der Waals surface area (Å²) in [5, 5.41) is 3.02. The average molecular weight is 421 g/mol. The predicted octanol–water partition coefficient (Wildman–Crippen LogP) is 4.54. The van der Waals surface area contributed by atoms with Gasteiger partial charge in [-0.15, -0.1) is 0 Å². The maximum absolute atomic E-state index is 13.3. The van der Waals surface area contributed by atoms with Gasteiger partial charge in [0.2, 0.25) is 0 Å². The molecule has 1 aliphatic heterocycles. The quantitative estimate of drug-likeness (QED) is 0.635. The highest BCUT2D eigenvalue weighted by Crippen LogP contribution is 2.39. The number of nitrogens with zero attached hydrogens (tertiary/aromatic N) is 2. The van der Waals surface area contributed by atoms with Gasteiger partial charge >= 0.3 is 6.03 Å². The molecule has 7 heteroatoms. The summed E-state index contributed by atoms with van der Waals surface area (Å²) in [6.07, 6.45) is 2.04. The van der Waals surface area contributed by atoms with Crippen LogP contribution in [0.1, 0.15) is 24.2 Å². The first-order valence-electron chi connectivity index (χ1n) is 10.3. The number of carbonyl (C=O) groups excluding carboxylic acids is 1. The lowest BCUT2D eigenvalue weighted by Crippen LogP contribution is -2.44. The third kappa shape index (κ3) is 4.17. The van der Waals surface area contributed by atoms with Gasteiger partial charge in [0.1, 0.15) is 23.3 Å². The third-order valence-electron chi connectivity index (χ3n) is 5.45. The number of carbonyl (C=O) groups is 1. The van der Waals surface area contributed by atoms with Gasteiger partial charge in [-0.2, -0.15) is 0 Å². The van der Waals surface area contributed by atoms with Gasteiger partial charge in [0, 0.05) is 42.3 Å². The molecule has 7 nitrogen and oxygen atoms in total. The molecule has 1 atom stereocenters. The summed E-state index contributed by atoms with van der Waals surface area (Å²) < 4.78 is 18.7. The second-order valence-corrected chi connectivity index (χ2v) is 7.22. The van der Waals surface area contributed by atoms with Crippen molar-refractivity contribution in [2.45, 2.75) is 19.5 Å². The third-order valence-corrected chi connectivity index (χ3v) is 5.45. The van der Waals surface area contributed by atoms with Gasteiger partial charge in [-0.3, -0.25) is 0 Å². The Kier molecular flexibility index (Phi) is 6.02. The molecule has 1 aliphatic rings.